The molecule has 2 aromatic heterocycles. The van der Waals surface area contributed by atoms with Gasteiger partial charge in [0.25, 0.3) is 0 Å². The number of nitrogen functional groups attached to an aromatic ring is 1. The Morgan fingerprint density at radius 1 is 1.23 bits per heavy atom. The van der Waals surface area contributed by atoms with Gasteiger partial charge in [-0.25, -0.2) is 10.8 Å². The molecule has 164 valence electrons. The van der Waals surface area contributed by atoms with Crippen LogP contribution in [0, 0.1) is 11.8 Å². The number of aryl methyl sites for hydroxylation is 1. The lowest BCUT2D eigenvalue weighted by atomic mass is 10.2. The fourth-order valence-electron chi connectivity index (χ4n) is 3.04. The van der Waals surface area contributed by atoms with E-state index in [0.29, 0.717) is 54.9 Å². The summed E-state index contributed by atoms with van der Waals surface area (Å²) in [7, 11) is 1.92. The van der Waals surface area contributed by atoms with Crippen molar-refractivity contribution in [3.8, 4) is 11.8 Å². The van der Waals surface area contributed by atoms with Crippen LogP contribution in [0.25, 0.3) is 0 Å². The number of allylic oxidation sites excluding steroid dienone is 1. The van der Waals surface area contributed by atoms with Gasteiger partial charge in [-0.05, 0) is 25.7 Å². The van der Waals surface area contributed by atoms with Gasteiger partial charge in [-0.2, -0.15) is 10.1 Å². The van der Waals surface area contributed by atoms with E-state index in [9.17, 15) is 4.79 Å². The molecule has 0 unspecified atom stereocenters. The van der Waals surface area contributed by atoms with Gasteiger partial charge >= 0.3 is 0 Å². The number of carbonyl (C=O) groups is 1. The minimum Gasteiger partial charge on any atom is -0.394 e. The lowest BCUT2D eigenvalue weighted by molar-refractivity contribution is -0.121. The lowest BCUT2D eigenvalue weighted by Gasteiger charge is -2.18. The van der Waals surface area contributed by atoms with Crippen LogP contribution in [-0.2, 0) is 11.3 Å². The molecule has 3 heterocycles. The van der Waals surface area contributed by atoms with Crippen LogP contribution in [0.3, 0.4) is 0 Å². The quantitative estimate of drug-likeness (QED) is 0.356. The van der Waals surface area contributed by atoms with E-state index in [1.165, 1.54) is 11.2 Å². The largest absolute Gasteiger partial charge is 0.394 e. The third-order valence-electron chi connectivity index (χ3n) is 4.58. The van der Waals surface area contributed by atoms with E-state index in [1.807, 2.05) is 18.1 Å². The second kappa shape index (κ2) is 10.3. The molecule has 1 amide bonds. The number of hydrazine groups is 1. The van der Waals surface area contributed by atoms with E-state index in [1.54, 1.807) is 24.0 Å². The Morgan fingerprint density at radius 3 is 2.87 bits per heavy atom. The third kappa shape index (κ3) is 6.10. The van der Waals surface area contributed by atoms with E-state index in [-0.39, 0.29) is 5.91 Å². The first-order valence-electron chi connectivity index (χ1n) is 10.0. The number of amides is 1. The van der Waals surface area contributed by atoms with Gasteiger partial charge in [0.2, 0.25) is 11.9 Å². The average Bonchev–Trinajstić information content (AvgIpc) is 3.20. The van der Waals surface area contributed by atoms with E-state index in [0.717, 1.165) is 12.8 Å². The molecule has 1 aliphatic heterocycles. The minimum absolute atomic E-state index is 0.0381. The molecule has 0 aliphatic carbocycles. The maximum absolute atomic E-state index is 12.0. The smallest absolute Gasteiger partial charge is 0.229 e. The standard InChI is InChI=1S/C20H28N10O/c1-3-6-15-13-28(2)9-4-7-18(31)23-8-5-10-29-14-16(11-25-29)30(22)19-17(21)12-24-20(26-15)27-19/h11-14H,4-5,7-10,21-22H2,1-2H3,(H,23,31)(H,24,26,27)/b15-13+. The van der Waals surface area contributed by atoms with Crippen LogP contribution in [0.2, 0.25) is 0 Å². The SMILES string of the molecule is CC#C/C1=C\N(C)CCCC(=O)NCCCn2cc(cn2)N(N)c2nc(ncc2N)N1. The molecule has 0 fully saturated rings. The zero-order valence-corrected chi connectivity index (χ0v) is 17.8. The summed E-state index contributed by atoms with van der Waals surface area (Å²) < 4.78 is 1.76. The molecule has 6 N–H and O–H groups in total. The molecule has 0 saturated carbocycles. The summed E-state index contributed by atoms with van der Waals surface area (Å²) in [6.07, 6.45) is 8.71. The molecule has 3 rings (SSSR count). The van der Waals surface area contributed by atoms with Crippen LogP contribution >= 0.6 is 0 Å². The molecule has 0 radical (unpaired) electrons. The molecule has 0 aromatic carbocycles. The number of hydrogen-bond acceptors (Lipinski definition) is 9. The fourth-order valence-corrected chi connectivity index (χ4v) is 3.04. The van der Waals surface area contributed by atoms with Crippen LogP contribution in [0.4, 0.5) is 23.1 Å². The predicted molar refractivity (Wildman–Crippen MR) is 120 cm³/mol. The van der Waals surface area contributed by atoms with Crippen molar-refractivity contribution in [1.82, 2.24) is 30.0 Å². The highest BCUT2D eigenvalue weighted by Crippen LogP contribution is 2.25. The number of carbonyl (C=O) groups excluding carboxylic acids is 1. The summed E-state index contributed by atoms with van der Waals surface area (Å²) in [5.41, 5.74) is 7.64. The third-order valence-corrected chi connectivity index (χ3v) is 4.58. The highest BCUT2D eigenvalue weighted by Gasteiger charge is 2.15. The maximum Gasteiger partial charge on any atom is 0.229 e. The van der Waals surface area contributed by atoms with Gasteiger partial charge < -0.3 is 21.3 Å². The Balaban J connectivity index is 1.91. The Hall–Kier alpha value is -3.78. The van der Waals surface area contributed by atoms with Gasteiger partial charge in [-0.3, -0.25) is 14.5 Å². The molecule has 4 bridgehead atoms. The average molecular weight is 425 g/mol. The zero-order valence-electron chi connectivity index (χ0n) is 17.8. The van der Waals surface area contributed by atoms with Crippen molar-refractivity contribution in [3.05, 3.63) is 30.5 Å². The van der Waals surface area contributed by atoms with Crippen molar-refractivity contribution in [1.29, 1.82) is 0 Å². The lowest BCUT2D eigenvalue weighted by Crippen LogP contribution is -2.27. The molecule has 2 aromatic rings. The van der Waals surface area contributed by atoms with Gasteiger partial charge in [-0.15, -0.1) is 0 Å². The van der Waals surface area contributed by atoms with Crippen LogP contribution < -0.4 is 27.2 Å². The molecule has 0 atom stereocenters. The Labute approximate surface area is 181 Å². The van der Waals surface area contributed by atoms with Crippen LogP contribution in [0.5, 0.6) is 0 Å². The number of fused-ring (bicyclic) bond motifs is 4. The summed E-state index contributed by atoms with van der Waals surface area (Å²) in [4.78, 5) is 22.7. The zero-order chi connectivity index (χ0) is 22.2. The van der Waals surface area contributed by atoms with E-state index in [4.69, 9.17) is 11.6 Å². The second-order valence-corrected chi connectivity index (χ2v) is 7.13. The first-order valence-corrected chi connectivity index (χ1v) is 10.0. The number of anilines is 4. The number of nitrogens with two attached hydrogens (primary N) is 2. The minimum atomic E-state index is 0.0381. The molecule has 11 nitrogen and oxygen atoms in total. The number of rotatable bonds is 0. The number of aromatic nitrogens is 4. The van der Waals surface area contributed by atoms with E-state index in [2.05, 4.69) is 37.5 Å². The van der Waals surface area contributed by atoms with Crippen molar-refractivity contribution >= 4 is 29.0 Å². The van der Waals surface area contributed by atoms with Crippen molar-refractivity contribution in [2.24, 2.45) is 5.84 Å². The first-order chi connectivity index (χ1) is 15.0. The van der Waals surface area contributed by atoms with Gasteiger partial charge in [0.05, 0.1) is 30.0 Å². The Bertz CT molecular complexity index is 1000. The molecule has 1 aliphatic rings. The van der Waals surface area contributed by atoms with Crippen molar-refractivity contribution < 1.29 is 4.79 Å². The Morgan fingerprint density at radius 2 is 2.06 bits per heavy atom. The van der Waals surface area contributed by atoms with Crippen LogP contribution in [0.1, 0.15) is 26.2 Å². The monoisotopic (exact) mass is 424 g/mol. The fraction of sp³-hybridized carbons (Fsp3) is 0.400. The summed E-state index contributed by atoms with van der Waals surface area (Å²) >= 11 is 0. The van der Waals surface area contributed by atoms with Crippen LogP contribution in [0.15, 0.2) is 30.5 Å². The summed E-state index contributed by atoms with van der Waals surface area (Å²) in [5, 5.41) is 11.7. The Kier molecular flexibility index (Phi) is 7.29. The molecule has 31 heavy (non-hydrogen) atoms. The molecular weight excluding hydrogens is 396 g/mol. The highest BCUT2D eigenvalue weighted by molar-refractivity contribution is 5.75. The summed E-state index contributed by atoms with van der Waals surface area (Å²) in [5.74, 6) is 12.8. The number of hydrogen-bond donors (Lipinski definition) is 4. The van der Waals surface area contributed by atoms with Gasteiger partial charge in [-0.1, -0.05) is 5.92 Å². The molecule has 11 heteroatoms. The van der Waals surface area contributed by atoms with Crippen molar-refractivity contribution in [2.75, 3.05) is 36.2 Å². The van der Waals surface area contributed by atoms with E-state index < -0.39 is 0 Å². The predicted octanol–water partition coefficient (Wildman–Crippen LogP) is 0.776. The normalized spacial score (nSPS) is 17.6. The van der Waals surface area contributed by atoms with Crippen molar-refractivity contribution in [3.63, 3.8) is 0 Å². The van der Waals surface area contributed by atoms with Gasteiger partial charge in [0.15, 0.2) is 5.82 Å². The number of nitrogens with one attached hydrogen (secondary N) is 2. The molecule has 0 spiro atoms. The number of nitrogens with zero attached hydrogens (tertiary/aromatic N) is 6. The van der Waals surface area contributed by atoms with E-state index >= 15 is 0 Å². The first kappa shape index (κ1) is 21.9. The summed E-state index contributed by atoms with van der Waals surface area (Å²) in [6.45, 7) is 3.67. The summed E-state index contributed by atoms with van der Waals surface area (Å²) in [6, 6.07) is 0. The van der Waals surface area contributed by atoms with Gasteiger partial charge in [0.1, 0.15) is 5.70 Å². The maximum atomic E-state index is 12.0. The van der Waals surface area contributed by atoms with Crippen molar-refractivity contribution in [2.45, 2.75) is 32.7 Å². The van der Waals surface area contributed by atoms with Crippen LogP contribution in [-0.4, -0.2) is 50.7 Å². The highest BCUT2D eigenvalue weighted by atomic mass is 16.1. The molecule has 0 saturated heterocycles. The molecular formula is C20H28N10O. The topological polar surface area (TPSA) is 143 Å². The van der Waals surface area contributed by atoms with Gasteiger partial charge in [0, 0.05) is 39.3 Å². The second-order valence-electron chi connectivity index (χ2n) is 7.13.